The van der Waals surface area contributed by atoms with Gasteiger partial charge in [-0.1, -0.05) is 51.9 Å². The SMILES string of the molecule is CCCCCCCCCCOC(=O)CC1C(=O)NCCN1C(=S)NC(=O)c1ccc(OCCOC)cc1. The highest BCUT2D eigenvalue weighted by molar-refractivity contribution is 7.80. The average molecular weight is 536 g/mol. The van der Waals surface area contributed by atoms with Crippen LogP contribution in [0.25, 0.3) is 0 Å². The number of carbonyl (C=O) groups is 3. The van der Waals surface area contributed by atoms with Crippen molar-refractivity contribution in [3.8, 4) is 5.75 Å². The molecule has 1 saturated heterocycles. The van der Waals surface area contributed by atoms with E-state index >= 15 is 0 Å². The number of benzene rings is 1. The number of nitrogens with one attached hydrogen (secondary N) is 2. The molecular weight excluding hydrogens is 494 g/mol. The number of hydrogen-bond acceptors (Lipinski definition) is 7. The maximum absolute atomic E-state index is 12.7. The Bertz CT molecular complexity index is 864. The van der Waals surface area contributed by atoms with E-state index in [0.29, 0.717) is 44.2 Å². The maximum atomic E-state index is 12.7. The lowest BCUT2D eigenvalue weighted by molar-refractivity contribution is -0.147. The number of esters is 1. The van der Waals surface area contributed by atoms with Crippen LogP contribution >= 0.6 is 12.2 Å². The zero-order chi connectivity index (χ0) is 26.9. The molecule has 2 amide bonds. The Kier molecular flexibility index (Phi) is 14.6. The van der Waals surface area contributed by atoms with Gasteiger partial charge >= 0.3 is 5.97 Å². The zero-order valence-corrected chi connectivity index (χ0v) is 22.9. The minimum atomic E-state index is -0.829. The highest BCUT2D eigenvalue weighted by Crippen LogP contribution is 2.14. The second-order valence-electron chi connectivity index (χ2n) is 9.02. The Balaban J connectivity index is 1.78. The minimum absolute atomic E-state index is 0.0983. The van der Waals surface area contributed by atoms with Crippen molar-refractivity contribution in [1.82, 2.24) is 15.5 Å². The number of thiocarbonyl (C=S) groups is 1. The summed E-state index contributed by atoms with van der Waals surface area (Å²) in [7, 11) is 1.59. The summed E-state index contributed by atoms with van der Waals surface area (Å²) in [4.78, 5) is 39.2. The number of piperazine rings is 1. The fourth-order valence-corrected chi connectivity index (χ4v) is 4.30. The molecule has 206 valence electrons. The molecular formula is C27H41N3O6S. The highest BCUT2D eigenvalue weighted by atomic mass is 32.1. The van der Waals surface area contributed by atoms with E-state index < -0.39 is 17.9 Å². The molecule has 1 aliphatic rings. The van der Waals surface area contributed by atoms with E-state index in [4.69, 9.17) is 26.4 Å². The molecule has 1 aromatic rings. The summed E-state index contributed by atoms with van der Waals surface area (Å²) in [5, 5.41) is 5.53. The van der Waals surface area contributed by atoms with Gasteiger partial charge in [-0.2, -0.15) is 0 Å². The monoisotopic (exact) mass is 535 g/mol. The first-order chi connectivity index (χ1) is 18.0. The van der Waals surface area contributed by atoms with Crippen molar-refractivity contribution in [2.75, 3.05) is 40.0 Å². The first kappa shape index (κ1) is 30.5. The van der Waals surface area contributed by atoms with Crippen LogP contribution in [0.15, 0.2) is 24.3 Å². The second-order valence-corrected chi connectivity index (χ2v) is 9.41. The van der Waals surface area contributed by atoms with E-state index in [1.165, 1.54) is 32.1 Å². The van der Waals surface area contributed by atoms with Gasteiger partial charge in [0.1, 0.15) is 18.4 Å². The van der Waals surface area contributed by atoms with Crippen LogP contribution in [0, 0.1) is 0 Å². The summed E-state index contributed by atoms with van der Waals surface area (Å²) in [6.07, 6.45) is 9.11. The summed E-state index contributed by atoms with van der Waals surface area (Å²) in [5.41, 5.74) is 0.393. The molecule has 1 aromatic carbocycles. The van der Waals surface area contributed by atoms with E-state index in [-0.39, 0.29) is 17.4 Å². The number of carbonyl (C=O) groups excluding carboxylic acids is 3. The van der Waals surface area contributed by atoms with E-state index in [0.717, 1.165) is 19.3 Å². The third-order valence-electron chi connectivity index (χ3n) is 6.11. The first-order valence-electron chi connectivity index (χ1n) is 13.2. The van der Waals surface area contributed by atoms with Gasteiger partial charge in [0.2, 0.25) is 5.91 Å². The fourth-order valence-electron chi connectivity index (χ4n) is 3.99. The van der Waals surface area contributed by atoms with Crippen LogP contribution in [-0.4, -0.2) is 73.9 Å². The molecule has 0 aromatic heterocycles. The lowest BCUT2D eigenvalue weighted by Crippen LogP contribution is -2.60. The van der Waals surface area contributed by atoms with Crippen molar-refractivity contribution >= 4 is 35.1 Å². The highest BCUT2D eigenvalue weighted by Gasteiger charge is 2.34. The van der Waals surface area contributed by atoms with Gasteiger partial charge in [-0.25, -0.2) is 0 Å². The smallest absolute Gasteiger partial charge is 0.308 e. The molecule has 0 saturated carbocycles. The Morgan fingerprint density at radius 2 is 1.70 bits per heavy atom. The van der Waals surface area contributed by atoms with Crippen LogP contribution < -0.4 is 15.4 Å². The normalized spacial score (nSPS) is 15.1. The Labute approximate surface area is 225 Å². The topological polar surface area (TPSA) is 106 Å². The van der Waals surface area contributed by atoms with Gasteiger partial charge in [-0.3, -0.25) is 19.7 Å². The van der Waals surface area contributed by atoms with Crippen LogP contribution in [0.3, 0.4) is 0 Å². The quantitative estimate of drug-likeness (QED) is 0.188. The Morgan fingerprint density at radius 1 is 1.03 bits per heavy atom. The van der Waals surface area contributed by atoms with Crippen LogP contribution in [0.1, 0.15) is 75.1 Å². The van der Waals surface area contributed by atoms with E-state index in [1.807, 2.05) is 0 Å². The van der Waals surface area contributed by atoms with Crippen LogP contribution in [0.5, 0.6) is 5.75 Å². The Morgan fingerprint density at radius 3 is 2.38 bits per heavy atom. The maximum Gasteiger partial charge on any atom is 0.308 e. The molecule has 1 fully saturated rings. The van der Waals surface area contributed by atoms with Crippen molar-refractivity contribution in [1.29, 1.82) is 0 Å². The molecule has 1 unspecified atom stereocenters. The number of methoxy groups -OCH3 is 1. The first-order valence-corrected chi connectivity index (χ1v) is 13.6. The van der Waals surface area contributed by atoms with E-state index in [2.05, 4.69) is 17.6 Å². The zero-order valence-electron chi connectivity index (χ0n) is 22.1. The van der Waals surface area contributed by atoms with Gasteiger partial charge in [-0.15, -0.1) is 0 Å². The molecule has 1 atom stereocenters. The molecule has 37 heavy (non-hydrogen) atoms. The van der Waals surface area contributed by atoms with Crippen LogP contribution in [0.4, 0.5) is 0 Å². The molecule has 1 heterocycles. The van der Waals surface area contributed by atoms with E-state index in [1.54, 1.807) is 36.3 Å². The number of unbranched alkanes of at least 4 members (excludes halogenated alkanes) is 7. The van der Waals surface area contributed by atoms with Crippen molar-refractivity contribution < 1.29 is 28.6 Å². The molecule has 0 spiro atoms. The Hall–Kier alpha value is -2.72. The largest absolute Gasteiger partial charge is 0.491 e. The molecule has 0 radical (unpaired) electrons. The number of rotatable bonds is 16. The lowest BCUT2D eigenvalue weighted by atomic mass is 10.1. The summed E-state index contributed by atoms with van der Waals surface area (Å²) in [6, 6.07) is 5.80. The summed E-state index contributed by atoms with van der Waals surface area (Å²) >= 11 is 5.43. The minimum Gasteiger partial charge on any atom is -0.491 e. The fraction of sp³-hybridized carbons (Fsp3) is 0.630. The van der Waals surface area contributed by atoms with Gasteiger partial charge in [0.15, 0.2) is 5.11 Å². The third kappa shape index (κ3) is 11.5. The number of ether oxygens (including phenoxy) is 3. The molecule has 2 N–H and O–H groups in total. The van der Waals surface area contributed by atoms with Crippen molar-refractivity contribution in [2.45, 2.75) is 70.8 Å². The molecule has 10 heteroatoms. The van der Waals surface area contributed by atoms with Crippen LogP contribution in [0.2, 0.25) is 0 Å². The third-order valence-corrected chi connectivity index (χ3v) is 6.44. The standard InChI is InChI=1S/C27H41N3O6S/c1-3-4-5-6-7-8-9-10-17-36-24(31)20-23-26(33)28-15-16-30(23)27(37)29-25(32)21-11-13-22(14-12-21)35-19-18-34-2/h11-14,23H,3-10,15-20H2,1-2H3,(H,28,33)(H,29,32,37). The lowest BCUT2D eigenvalue weighted by Gasteiger charge is -2.36. The molecule has 1 aliphatic heterocycles. The number of nitrogens with zero attached hydrogens (tertiary/aromatic N) is 1. The van der Waals surface area contributed by atoms with Crippen molar-refractivity contribution in [3.05, 3.63) is 29.8 Å². The average Bonchev–Trinajstić information content (AvgIpc) is 2.89. The molecule has 9 nitrogen and oxygen atoms in total. The van der Waals surface area contributed by atoms with Crippen molar-refractivity contribution in [3.63, 3.8) is 0 Å². The van der Waals surface area contributed by atoms with Gasteiger partial charge in [0.05, 0.1) is 19.6 Å². The molecule has 0 bridgehead atoms. The summed E-state index contributed by atoms with van der Waals surface area (Å²) < 4.78 is 15.8. The van der Waals surface area contributed by atoms with Crippen molar-refractivity contribution in [2.24, 2.45) is 0 Å². The van der Waals surface area contributed by atoms with Gasteiger partial charge in [0, 0.05) is 25.8 Å². The van der Waals surface area contributed by atoms with Crippen LogP contribution in [-0.2, 0) is 19.1 Å². The molecule has 2 rings (SSSR count). The predicted molar refractivity (Wildman–Crippen MR) is 146 cm³/mol. The van der Waals surface area contributed by atoms with Gasteiger partial charge in [-0.05, 0) is 42.9 Å². The predicted octanol–water partition coefficient (Wildman–Crippen LogP) is 3.60. The summed E-state index contributed by atoms with van der Waals surface area (Å²) in [6.45, 7) is 4.17. The van der Waals surface area contributed by atoms with Gasteiger partial charge < -0.3 is 24.4 Å². The molecule has 0 aliphatic carbocycles. The summed E-state index contributed by atoms with van der Waals surface area (Å²) in [5.74, 6) is -0.553. The second kappa shape index (κ2) is 17.7. The van der Waals surface area contributed by atoms with E-state index in [9.17, 15) is 14.4 Å². The van der Waals surface area contributed by atoms with Gasteiger partial charge in [0.25, 0.3) is 5.91 Å². The number of hydrogen-bond donors (Lipinski definition) is 2. The number of amides is 2.